The molecule has 0 aromatic heterocycles. The molecule has 1 aliphatic rings. The maximum absolute atomic E-state index is 11.0. The van der Waals surface area contributed by atoms with Crippen molar-refractivity contribution in [2.45, 2.75) is 32.6 Å². The zero-order chi connectivity index (χ0) is 10.8. The van der Waals surface area contributed by atoms with E-state index in [-0.39, 0.29) is 12.5 Å². The number of carbonyl (C=O) groups excluding carboxylic acids is 1. The predicted octanol–water partition coefficient (Wildman–Crippen LogP) is 0.313. The van der Waals surface area contributed by atoms with E-state index in [0.717, 1.165) is 38.9 Å². The van der Waals surface area contributed by atoms with Gasteiger partial charge in [-0.05, 0) is 32.2 Å². The van der Waals surface area contributed by atoms with Crippen LogP contribution in [0.15, 0.2) is 0 Å². The Labute approximate surface area is 86.6 Å². The van der Waals surface area contributed by atoms with E-state index in [1.165, 1.54) is 6.42 Å². The van der Waals surface area contributed by atoms with Crippen LogP contribution < -0.4 is 11.5 Å². The number of hydrogen-bond acceptors (Lipinski definition) is 3. The molecule has 0 aliphatic carbocycles. The SMILES string of the molecule is CCCN.NCC(=O)N1CCCCC1. The smallest absolute Gasteiger partial charge is 0.236 e. The molecule has 14 heavy (non-hydrogen) atoms. The molecule has 1 heterocycles. The van der Waals surface area contributed by atoms with Crippen molar-refractivity contribution in [1.82, 2.24) is 4.90 Å². The summed E-state index contributed by atoms with van der Waals surface area (Å²) < 4.78 is 0. The number of likely N-dealkylation sites (tertiary alicyclic amines) is 1. The predicted molar refractivity (Wildman–Crippen MR) is 58.8 cm³/mol. The molecule has 0 aromatic carbocycles. The van der Waals surface area contributed by atoms with Crippen LogP contribution >= 0.6 is 0 Å². The first-order valence-electron chi connectivity index (χ1n) is 5.44. The fraction of sp³-hybridized carbons (Fsp3) is 0.900. The van der Waals surface area contributed by atoms with Crippen LogP contribution in [-0.4, -0.2) is 37.0 Å². The van der Waals surface area contributed by atoms with Crippen molar-refractivity contribution in [1.29, 1.82) is 0 Å². The van der Waals surface area contributed by atoms with Crippen LogP contribution in [0.3, 0.4) is 0 Å². The molecule has 0 atom stereocenters. The van der Waals surface area contributed by atoms with E-state index in [2.05, 4.69) is 6.92 Å². The van der Waals surface area contributed by atoms with Crippen molar-refractivity contribution in [2.24, 2.45) is 11.5 Å². The van der Waals surface area contributed by atoms with Crippen molar-refractivity contribution in [2.75, 3.05) is 26.2 Å². The van der Waals surface area contributed by atoms with E-state index in [9.17, 15) is 4.79 Å². The summed E-state index contributed by atoms with van der Waals surface area (Å²) in [6, 6.07) is 0. The van der Waals surface area contributed by atoms with E-state index < -0.39 is 0 Å². The Morgan fingerprint density at radius 3 is 2.07 bits per heavy atom. The second kappa shape index (κ2) is 8.97. The molecule has 0 saturated carbocycles. The molecule has 0 unspecified atom stereocenters. The first-order valence-corrected chi connectivity index (χ1v) is 5.44. The highest BCUT2D eigenvalue weighted by molar-refractivity contribution is 5.78. The first-order chi connectivity index (χ1) is 6.76. The van der Waals surface area contributed by atoms with Crippen LogP contribution in [0, 0.1) is 0 Å². The van der Waals surface area contributed by atoms with Crippen LogP contribution in [0.25, 0.3) is 0 Å². The molecule has 1 aliphatic heterocycles. The van der Waals surface area contributed by atoms with Gasteiger partial charge >= 0.3 is 0 Å². The average molecular weight is 201 g/mol. The fourth-order valence-corrected chi connectivity index (χ4v) is 1.27. The third-order valence-electron chi connectivity index (χ3n) is 2.17. The van der Waals surface area contributed by atoms with Crippen molar-refractivity contribution >= 4 is 5.91 Å². The van der Waals surface area contributed by atoms with Gasteiger partial charge in [-0.1, -0.05) is 6.92 Å². The largest absolute Gasteiger partial charge is 0.342 e. The Morgan fingerprint density at radius 1 is 1.21 bits per heavy atom. The minimum Gasteiger partial charge on any atom is -0.342 e. The summed E-state index contributed by atoms with van der Waals surface area (Å²) in [5.74, 6) is 0.0969. The zero-order valence-corrected chi connectivity index (χ0v) is 9.17. The Balaban J connectivity index is 0.000000364. The van der Waals surface area contributed by atoms with E-state index in [1.807, 2.05) is 4.90 Å². The van der Waals surface area contributed by atoms with Gasteiger partial charge in [-0.25, -0.2) is 0 Å². The number of nitrogens with zero attached hydrogens (tertiary/aromatic N) is 1. The van der Waals surface area contributed by atoms with Gasteiger partial charge in [0.15, 0.2) is 0 Å². The molecule has 1 amide bonds. The normalized spacial score (nSPS) is 15.8. The summed E-state index contributed by atoms with van der Waals surface area (Å²) in [5.41, 5.74) is 10.2. The molecule has 0 radical (unpaired) electrons. The Bertz CT molecular complexity index is 142. The van der Waals surface area contributed by atoms with Crippen molar-refractivity contribution < 1.29 is 4.79 Å². The Morgan fingerprint density at radius 2 is 1.71 bits per heavy atom. The molecular weight excluding hydrogens is 178 g/mol. The molecule has 1 fully saturated rings. The fourth-order valence-electron chi connectivity index (χ4n) is 1.27. The quantitative estimate of drug-likeness (QED) is 0.675. The lowest BCUT2D eigenvalue weighted by Crippen LogP contribution is -2.39. The average Bonchev–Trinajstić information content (AvgIpc) is 2.29. The van der Waals surface area contributed by atoms with E-state index in [1.54, 1.807) is 0 Å². The second-order valence-corrected chi connectivity index (χ2v) is 3.43. The third-order valence-corrected chi connectivity index (χ3v) is 2.17. The molecule has 4 nitrogen and oxygen atoms in total. The summed E-state index contributed by atoms with van der Waals surface area (Å²) in [4.78, 5) is 12.8. The molecule has 4 N–H and O–H groups in total. The van der Waals surface area contributed by atoms with Gasteiger partial charge in [-0.15, -0.1) is 0 Å². The summed E-state index contributed by atoms with van der Waals surface area (Å²) in [7, 11) is 0. The highest BCUT2D eigenvalue weighted by Gasteiger charge is 2.13. The number of nitrogens with two attached hydrogens (primary N) is 2. The minimum absolute atomic E-state index is 0.0969. The summed E-state index contributed by atoms with van der Waals surface area (Å²) in [6.07, 6.45) is 4.64. The lowest BCUT2D eigenvalue weighted by Gasteiger charge is -2.25. The van der Waals surface area contributed by atoms with Gasteiger partial charge in [0.05, 0.1) is 6.54 Å². The van der Waals surface area contributed by atoms with Crippen LogP contribution in [0.1, 0.15) is 32.6 Å². The standard InChI is InChI=1S/C7H14N2O.C3H9N/c8-6-7(10)9-4-2-1-3-5-9;1-2-3-4/h1-6,8H2;2-4H2,1H3. The van der Waals surface area contributed by atoms with E-state index >= 15 is 0 Å². The first kappa shape index (κ1) is 13.4. The summed E-state index contributed by atoms with van der Waals surface area (Å²) in [6.45, 7) is 4.87. The van der Waals surface area contributed by atoms with Gasteiger partial charge in [0.2, 0.25) is 5.91 Å². The topological polar surface area (TPSA) is 72.3 Å². The lowest BCUT2D eigenvalue weighted by atomic mass is 10.1. The van der Waals surface area contributed by atoms with Crippen LogP contribution in [0.2, 0.25) is 0 Å². The second-order valence-electron chi connectivity index (χ2n) is 3.43. The Kier molecular flexibility index (Phi) is 8.57. The number of hydrogen-bond donors (Lipinski definition) is 2. The molecule has 1 saturated heterocycles. The highest BCUT2D eigenvalue weighted by Crippen LogP contribution is 2.07. The van der Waals surface area contributed by atoms with Gasteiger partial charge < -0.3 is 16.4 Å². The molecule has 0 aromatic rings. The molecule has 4 heteroatoms. The minimum atomic E-state index is 0.0969. The number of amides is 1. The maximum atomic E-state index is 11.0. The van der Waals surface area contributed by atoms with Gasteiger partial charge in [0.1, 0.15) is 0 Å². The van der Waals surface area contributed by atoms with Crippen LogP contribution in [0.4, 0.5) is 0 Å². The van der Waals surface area contributed by atoms with Crippen molar-refractivity contribution in [3.63, 3.8) is 0 Å². The lowest BCUT2D eigenvalue weighted by molar-refractivity contribution is -0.130. The highest BCUT2D eigenvalue weighted by atomic mass is 16.2. The van der Waals surface area contributed by atoms with Gasteiger partial charge in [0, 0.05) is 13.1 Å². The molecule has 0 spiro atoms. The zero-order valence-electron chi connectivity index (χ0n) is 9.17. The number of piperidine rings is 1. The van der Waals surface area contributed by atoms with Crippen molar-refractivity contribution in [3.05, 3.63) is 0 Å². The van der Waals surface area contributed by atoms with Gasteiger partial charge in [0.25, 0.3) is 0 Å². The molecule has 1 rings (SSSR count). The third kappa shape index (κ3) is 5.94. The van der Waals surface area contributed by atoms with Gasteiger partial charge in [-0.3, -0.25) is 4.79 Å². The van der Waals surface area contributed by atoms with Crippen LogP contribution in [0.5, 0.6) is 0 Å². The number of carbonyl (C=O) groups is 1. The van der Waals surface area contributed by atoms with Crippen LogP contribution in [-0.2, 0) is 4.79 Å². The number of rotatable bonds is 2. The van der Waals surface area contributed by atoms with Gasteiger partial charge in [-0.2, -0.15) is 0 Å². The summed E-state index contributed by atoms with van der Waals surface area (Å²) in [5, 5.41) is 0. The molecular formula is C10H23N3O. The molecule has 84 valence electrons. The monoisotopic (exact) mass is 201 g/mol. The Hall–Kier alpha value is -0.610. The molecule has 0 bridgehead atoms. The van der Waals surface area contributed by atoms with E-state index in [4.69, 9.17) is 11.5 Å². The maximum Gasteiger partial charge on any atom is 0.236 e. The van der Waals surface area contributed by atoms with Crippen molar-refractivity contribution in [3.8, 4) is 0 Å². The van der Waals surface area contributed by atoms with E-state index in [0.29, 0.717) is 0 Å². The summed E-state index contributed by atoms with van der Waals surface area (Å²) >= 11 is 0.